The highest BCUT2D eigenvalue weighted by molar-refractivity contribution is 7.12. The lowest BCUT2D eigenvalue weighted by Gasteiger charge is -2.17. The molecule has 2 aromatic heterocycles. The number of urea groups is 1. The van der Waals surface area contributed by atoms with Crippen LogP contribution < -0.4 is 10.6 Å². The molecule has 0 saturated heterocycles. The quantitative estimate of drug-likeness (QED) is 0.883. The monoisotopic (exact) mass is 323 g/mol. The van der Waals surface area contributed by atoms with E-state index in [2.05, 4.69) is 35.5 Å². The number of carbonyl (C=O) groups is 1. The second-order valence-corrected chi connectivity index (χ2v) is 7.61. The van der Waals surface area contributed by atoms with Gasteiger partial charge in [-0.15, -0.1) is 22.7 Å². The van der Waals surface area contributed by atoms with Crippen LogP contribution in [-0.4, -0.2) is 11.0 Å². The third-order valence-electron chi connectivity index (χ3n) is 3.25. The largest absolute Gasteiger partial charge is 0.332 e. The molecule has 2 aromatic rings. The van der Waals surface area contributed by atoms with Crippen LogP contribution in [0.1, 0.15) is 52.0 Å². The van der Waals surface area contributed by atoms with Crippen LogP contribution in [0.15, 0.2) is 11.4 Å². The molecule has 0 bridgehead atoms. The van der Waals surface area contributed by atoms with Gasteiger partial charge >= 0.3 is 6.03 Å². The summed E-state index contributed by atoms with van der Waals surface area (Å²) in [5.41, 5.74) is 2.17. The summed E-state index contributed by atoms with van der Waals surface area (Å²) >= 11 is 3.33. The standard InChI is InChI=1S/C15H21N3OS2/c1-8-7-20-14(16-8)11(4)18-15(19)17-10(3)13-6-9(2)21-12(13)5/h6-7,10-11H,1-5H3,(H2,17,18,19)/t10-,11-/m1/s1. The molecule has 0 aliphatic carbocycles. The highest BCUT2D eigenvalue weighted by Crippen LogP contribution is 2.26. The molecule has 2 amide bonds. The Bertz CT molecular complexity index is 633. The van der Waals surface area contributed by atoms with Crippen molar-refractivity contribution in [1.29, 1.82) is 0 Å². The number of rotatable bonds is 4. The lowest BCUT2D eigenvalue weighted by molar-refractivity contribution is 0.235. The summed E-state index contributed by atoms with van der Waals surface area (Å²) < 4.78 is 0. The van der Waals surface area contributed by atoms with Crippen LogP contribution in [0.5, 0.6) is 0 Å². The predicted molar refractivity (Wildman–Crippen MR) is 89.1 cm³/mol. The number of aryl methyl sites for hydroxylation is 3. The zero-order valence-electron chi connectivity index (χ0n) is 13.0. The Morgan fingerprint density at radius 1 is 1.19 bits per heavy atom. The number of amides is 2. The van der Waals surface area contributed by atoms with Crippen molar-refractivity contribution in [1.82, 2.24) is 15.6 Å². The molecular weight excluding hydrogens is 302 g/mol. The van der Waals surface area contributed by atoms with Gasteiger partial charge in [0.1, 0.15) is 5.01 Å². The number of nitrogens with one attached hydrogen (secondary N) is 2. The molecule has 0 fully saturated rings. The van der Waals surface area contributed by atoms with Crippen molar-refractivity contribution in [3.05, 3.63) is 37.5 Å². The summed E-state index contributed by atoms with van der Waals surface area (Å²) in [5, 5.41) is 8.85. The highest BCUT2D eigenvalue weighted by Gasteiger charge is 2.16. The number of hydrogen-bond donors (Lipinski definition) is 2. The average molecular weight is 323 g/mol. The SMILES string of the molecule is Cc1csc([C@@H](C)NC(=O)N[C@H](C)c2cc(C)sc2C)n1. The van der Waals surface area contributed by atoms with Gasteiger partial charge < -0.3 is 10.6 Å². The first-order valence-corrected chi connectivity index (χ1v) is 8.62. The van der Waals surface area contributed by atoms with E-state index < -0.39 is 0 Å². The summed E-state index contributed by atoms with van der Waals surface area (Å²) in [6, 6.07) is 1.89. The van der Waals surface area contributed by atoms with Crippen LogP contribution in [0.4, 0.5) is 4.79 Å². The number of carbonyl (C=O) groups excluding carboxylic acids is 1. The van der Waals surface area contributed by atoms with Gasteiger partial charge in [-0.25, -0.2) is 9.78 Å². The molecule has 0 aliphatic rings. The second-order valence-electron chi connectivity index (χ2n) is 5.26. The van der Waals surface area contributed by atoms with Crippen LogP contribution in [0.25, 0.3) is 0 Å². The summed E-state index contributed by atoms with van der Waals surface area (Å²) in [4.78, 5) is 19.0. The Kier molecular flexibility index (Phi) is 5.00. The van der Waals surface area contributed by atoms with Gasteiger partial charge in [0.05, 0.1) is 12.1 Å². The van der Waals surface area contributed by atoms with Crippen molar-refractivity contribution < 1.29 is 4.79 Å². The van der Waals surface area contributed by atoms with Crippen molar-refractivity contribution in [2.75, 3.05) is 0 Å². The van der Waals surface area contributed by atoms with E-state index in [-0.39, 0.29) is 18.1 Å². The van der Waals surface area contributed by atoms with Crippen LogP contribution in [0, 0.1) is 20.8 Å². The smallest absolute Gasteiger partial charge is 0.315 e. The Hall–Kier alpha value is -1.40. The van der Waals surface area contributed by atoms with Crippen LogP contribution >= 0.6 is 22.7 Å². The third-order valence-corrected chi connectivity index (χ3v) is 5.38. The molecule has 2 atom stereocenters. The molecule has 0 aliphatic heterocycles. The first kappa shape index (κ1) is 16.0. The summed E-state index contributed by atoms with van der Waals surface area (Å²) in [7, 11) is 0. The van der Waals surface area contributed by atoms with Crippen molar-refractivity contribution in [2.24, 2.45) is 0 Å². The maximum Gasteiger partial charge on any atom is 0.315 e. The summed E-state index contributed by atoms with van der Waals surface area (Å²) in [6.45, 7) is 10.1. The molecule has 2 heterocycles. The Morgan fingerprint density at radius 2 is 1.86 bits per heavy atom. The number of thiazole rings is 1. The van der Waals surface area contributed by atoms with Gasteiger partial charge in [-0.1, -0.05) is 0 Å². The molecular formula is C15H21N3OS2. The molecule has 0 aromatic carbocycles. The fourth-order valence-corrected chi connectivity index (χ4v) is 4.05. The third kappa shape index (κ3) is 4.04. The average Bonchev–Trinajstić information content (AvgIpc) is 2.95. The summed E-state index contributed by atoms with van der Waals surface area (Å²) in [5.74, 6) is 0. The van der Waals surface area contributed by atoms with E-state index in [1.807, 2.05) is 26.2 Å². The molecule has 114 valence electrons. The lowest BCUT2D eigenvalue weighted by Crippen LogP contribution is -2.38. The lowest BCUT2D eigenvalue weighted by atomic mass is 10.1. The molecule has 6 heteroatoms. The van der Waals surface area contributed by atoms with Gasteiger partial charge in [0.15, 0.2) is 0 Å². The van der Waals surface area contributed by atoms with Crippen LogP contribution in [0.2, 0.25) is 0 Å². The number of nitrogens with zero attached hydrogens (tertiary/aromatic N) is 1. The van der Waals surface area contributed by atoms with Gasteiger partial charge in [0.25, 0.3) is 0 Å². The minimum absolute atomic E-state index is 0.000168. The fraction of sp³-hybridized carbons (Fsp3) is 0.467. The van der Waals surface area contributed by atoms with Crippen LogP contribution in [0.3, 0.4) is 0 Å². The fourth-order valence-electron chi connectivity index (χ4n) is 2.23. The normalized spacial score (nSPS) is 13.8. The Balaban J connectivity index is 1.94. The predicted octanol–water partition coefficient (Wildman–Crippen LogP) is 4.25. The minimum Gasteiger partial charge on any atom is -0.332 e. The van der Waals surface area contributed by atoms with E-state index in [0.29, 0.717) is 0 Å². The van der Waals surface area contributed by atoms with Gasteiger partial charge in [0, 0.05) is 20.8 Å². The first-order chi connectivity index (χ1) is 9.86. The highest BCUT2D eigenvalue weighted by atomic mass is 32.1. The van der Waals surface area contributed by atoms with Gasteiger partial charge in [-0.3, -0.25) is 0 Å². The van der Waals surface area contributed by atoms with Crippen molar-refractivity contribution in [3.8, 4) is 0 Å². The molecule has 21 heavy (non-hydrogen) atoms. The number of aromatic nitrogens is 1. The van der Waals surface area contributed by atoms with E-state index in [9.17, 15) is 4.79 Å². The zero-order valence-corrected chi connectivity index (χ0v) is 14.6. The molecule has 2 rings (SSSR count). The Labute approximate surface area is 133 Å². The zero-order chi connectivity index (χ0) is 15.6. The topological polar surface area (TPSA) is 54.0 Å². The van der Waals surface area contributed by atoms with Crippen molar-refractivity contribution in [2.45, 2.75) is 46.7 Å². The number of thiophene rings is 1. The Morgan fingerprint density at radius 3 is 2.38 bits per heavy atom. The molecule has 0 radical (unpaired) electrons. The molecule has 2 N–H and O–H groups in total. The molecule has 0 saturated carbocycles. The molecule has 4 nitrogen and oxygen atoms in total. The number of hydrogen-bond acceptors (Lipinski definition) is 4. The molecule has 0 unspecified atom stereocenters. The van der Waals surface area contributed by atoms with E-state index in [0.717, 1.165) is 10.7 Å². The van der Waals surface area contributed by atoms with Crippen molar-refractivity contribution >= 4 is 28.7 Å². The van der Waals surface area contributed by atoms with E-state index in [1.54, 1.807) is 22.7 Å². The maximum absolute atomic E-state index is 12.1. The summed E-state index contributed by atoms with van der Waals surface area (Å²) in [6.07, 6.45) is 0. The van der Waals surface area contributed by atoms with Gasteiger partial charge in [0.2, 0.25) is 0 Å². The van der Waals surface area contributed by atoms with E-state index in [1.165, 1.54) is 15.3 Å². The van der Waals surface area contributed by atoms with E-state index in [4.69, 9.17) is 0 Å². The van der Waals surface area contributed by atoms with Crippen molar-refractivity contribution in [3.63, 3.8) is 0 Å². The molecule has 0 spiro atoms. The second kappa shape index (κ2) is 6.58. The van der Waals surface area contributed by atoms with Crippen LogP contribution in [-0.2, 0) is 0 Å². The first-order valence-electron chi connectivity index (χ1n) is 6.92. The minimum atomic E-state index is -0.161. The maximum atomic E-state index is 12.1. The van der Waals surface area contributed by atoms with E-state index >= 15 is 0 Å². The van der Waals surface area contributed by atoms with Gasteiger partial charge in [-0.2, -0.15) is 0 Å². The van der Waals surface area contributed by atoms with Gasteiger partial charge in [-0.05, 0) is 46.2 Å².